The third-order valence-electron chi connectivity index (χ3n) is 1.98. The summed E-state index contributed by atoms with van der Waals surface area (Å²) in [7, 11) is 3.42. The lowest BCUT2D eigenvalue weighted by Gasteiger charge is -2.16. The second-order valence-corrected chi connectivity index (χ2v) is 4.13. The zero-order valence-electron chi connectivity index (χ0n) is 9.69. The highest BCUT2D eigenvalue weighted by molar-refractivity contribution is 7.97. The van der Waals surface area contributed by atoms with E-state index in [0.717, 1.165) is 0 Å². The Balaban J connectivity index is 2.30. The lowest BCUT2D eigenvalue weighted by atomic mass is 10.5. The van der Waals surface area contributed by atoms with Gasteiger partial charge in [-0.3, -0.25) is 9.52 Å². The summed E-state index contributed by atoms with van der Waals surface area (Å²) < 4.78 is 2.61. The average Bonchev–Trinajstić information content (AvgIpc) is 2.34. The second kappa shape index (κ2) is 6.79. The van der Waals surface area contributed by atoms with E-state index in [1.807, 2.05) is 11.9 Å². The number of urea groups is 1. The normalized spacial score (nSPS) is 9.76. The van der Waals surface area contributed by atoms with Gasteiger partial charge in [0, 0.05) is 32.5 Å². The van der Waals surface area contributed by atoms with E-state index in [2.05, 4.69) is 20.2 Å². The first-order chi connectivity index (χ1) is 8.13. The number of hydrogen-bond acceptors (Lipinski definition) is 5. The van der Waals surface area contributed by atoms with E-state index in [1.54, 1.807) is 13.1 Å². The molecule has 1 heterocycles. The van der Waals surface area contributed by atoms with Crippen LogP contribution in [0.1, 0.15) is 0 Å². The molecule has 1 aromatic heterocycles. The van der Waals surface area contributed by atoms with Crippen LogP contribution >= 0.6 is 11.9 Å². The summed E-state index contributed by atoms with van der Waals surface area (Å²) >= 11 is 1.31. The minimum atomic E-state index is -0.224. The predicted molar refractivity (Wildman–Crippen MR) is 68.2 cm³/mol. The molecule has 17 heavy (non-hydrogen) atoms. The van der Waals surface area contributed by atoms with Gasteiger partial charge in [0.2, 0.25) is 0 Å². The van der Waals surface area contributed by atoms with Gasteiger partial charge in [0.25, 0.3) is 5.56 Å². The Morgan fingerprint density at radius 3 is 2.94 bits per heavy atom. The Kier molecular flexibility index (Phi) is 5.34. The average molecular weight is 257 g/mol. The summed E-state index contributed by atoms with van der Waals surface area (Å²) in [4.78, 5) is 23.6. The van der Waals surface area contributed by atoms with Gasteiger partial charge in [-0.15, -0.1) is 0 Å². The SMILES string of the molecule is CNC(=O)NSCCN(C)c1ccc(=O)[nH]n1. The molecule has 0 radical (unpaired) electrons. The standard InChI is InChI=1S/C9H15N5O2S/c1-10-9(16)13-17-6-5-14(2)7-3-4-8(15)12-11-7/h3-4H,5-6H2,1-2H3,(H,12,15)(H2,10,13,16). The van der Waals surface area contributed by atoms with E-state index in [-0.39, 0.29) is 11.6 Å². The van der Waals surface area contributed by atoms with Crippen molar-refractivity contribution in [3.8, 4) is 0 Å². The Bertz CT molecular complexity index is 402. The monoisotopic (exact) mass is 257 g/mol. The number of carbonyl (C=O) groups excluding carboxylic acids is 1. The van der Waals surface area contributed by atoms with Crippen LogP contribution in [0.4, 0.5) is 10.6 Å². The van der Waals surface area contributed by atoms with Gasteiger partial charge < -0.3 is 10.2 Å². The number of rotatable bonds is 5. The summed E-state index contributed by atoms with van der Waals surface area (Å²) in [6.45, 7) is 0.702. The van der Waals surface area contributed by atoms with Crippen molar-refractivity contribution < 1.29 is 4.79 Å². The summed E-state index contributed by atoms with van der Waals surface area (Å²) in [5.74, 6) is 1.40. The van der Waals surface area contributed by atoms with Crippen molar-refractivity contribution in [1.29, 1.82) is 0 Å². The molecule has 1 aromatic rings. The molecule has 0 spiro atoms. The van der Waals surface area contributed by atoms with Gasteiger partial charge in [0.05, 0.1) is 0 Å². The van der Waals surface area contributed by atoms with Crippen LogP contribution in [0.15, 0.2) is 16.9 Å². The van der Waals surface area contributed by atoms with Crippen LogP contribution in [0, 0.1) is 0 Å². The van der Waals surface area contributed by atoms with Crippen LogP contribution in [-0.4, -0.2) is 42.6 Å². The highest BCUT2D eigenvalue weighted by Crippen LogP contribution is 2.04. The number of hydrogen-bond donors (Lipinski definition) is 3. The maximum absolute atomic E-state index is 10.9. The maximum Gasteiger partial charge on any atom is 0.324 e. The number of amides is 2. The third-order valence-corrected chi connectivity index (χ3v) is 2.69. The molecular weight excluding hydrogens is 242 g/mol. The molecule has 0 aliphatic rings. The minimum absolute atomic E-state index is 0.222. The summed E-state index contributed by atoms with van der Waals surface area (Å²) in [5, 5.41) is 8.71. The van der Waals surface area contributed by atoms with Gasteiger partial charge in [-0.05, 0) is 18.0 Å². The molecule has 8 heteroatoms. The van der Waals surface area contributed by atoms with Gasteiger partial charge >= 0.3 is 6.03 Å². The zero-order chi connectivity index (χ0) is 12.7. The molecular formula is C9H15N5O2S. The van der Waals surface area contributed by atoms with E-state index in [4.69, 9.17) is 0 Å². The second-order valence-electron chi connectivity index (χ2n) is 3.23. The number of aromatic amines is 1. The molecule has 0 atom stereocenters. The smallest absolute Gasteiger partial charge is 0.324 e. The van der Waals surface area contributed by atoms with Crippen LogP contribution in [-0.2, 0) is 0 Å². The summed E-state index contributed by atoms with van der Waals surface area (Å²) in [6.07, 6.45) is 0. The fraction of sp³-hybridized carbons (Fsp3) is 0.444. The van der Waals surface area contributed by atoms with E-state index in [0.29, 0.717) is 18.1 Å². The molecule has 0 fully saturated rings. The topological polar surface area (TPSA) is 90.1 Å². The molecule has 0 bridgehead atoms. The van der Waals surface area contributed by atoms with Gasteiger partial charge in [0.1, 0.15) is 5.82 Å². The van der Waals surface area contributed by atoms with Gasteiger partial charge in [0.15, 0.2) is 0 Å². The predicted octanol–water partition coefficient (Wildman–Crippen LogP) is -0.217. The van der Waals surface area contributed by atoms with Crippen LogP contribution in [0.2, 0.25) is 0 Å². The number of anilines is 1. The first-order valence-corrected chi connectivity index (χ1v) is 5.98. The van der Waals surface area contributed by atoms with Crippen molar-refractivity contribution in [1.82, 2.24) is 20.2 Å². The van der Waals surface area contributed by atoms with E-state index in [9.17, 15) is 9.59 Å². The van der Waals surface area contributed by atoms with Crippen molar-refractivity contribution in [2.24, 2.45) is 0 Å². The Labute approximate surface area is 103 Å². The molecule has 7 nitrogen and oxygen atoms in total. The Morgan fingerprint density at radius 1 is 1.59 bits per heavy atom. The van der Waals surface area contributed by atoms with Crippen molar-refractivity contribution in [3.05, 3.63) is 22.5 Å². The van der Waals surface area contributed by atoms with Crippen molar-refractivity contribution in [3.63, 3.8) is 0 Å². The zero-order valence-corrected chi connectivity index (χ0v) is 10.5. The van der Waals surface area contributed by atoms with Crippen LogP contribution < -0.4 is 20.5 Å². The summed E-state index contributed by atoms with van der Waals surface area (Å²) in [6, 6.07) is 2.85. The number of H-pyrrole nitrogens is 1. The van der Waals surface area contributed by atoms with E-state index < -0.39 is 0 Å². The number of nitrogens with one attached hydrogen (secondary N) is 3. The largest absolute Gasteiger partial charge is 0.357 e. The molecule has 0 saturated carbocycles. The van der Waals surface area contributed by atoms with Crippen LogP contribution in [0.25, 0.3) is 0 Å². The highest BCUT2D eigenvalue weighted by atomic mass is 32.2. The van der Waals surface area contributed by atoms with Gasteiger partial charge in [-0.25, -0.2) is 9.89 Å². The lowest BCUT2D eigenvalue weighted by molar-refractivity contribution is 0.248. The molecule has 0 aliphatic heterocycles. The van der Waals surface area contributed by atoms with Crippen molar-refractivity contribution in [2.75, 3.05) is 31.3 Å². The first kappa shape index (κ1) is 13.4. The lowest BCUT2D eigenvalue weighted by Crippen LogP contribution is -2.29. The van der Waals surface area contributed by atoms with Gasteiger partial charge in [-0.2, -0.15) is 5.10 Å². The molecule has 94 valence electrons. The number of aromatic nitrogens is 2. The molecule has 0 aliphatic carbocycles. The van der Waals surface area contributed by atoms with E-state index in [1.165, 1.54) is 18.0 Å². The molecule has 3 N–H and O–H groups in total. The maximum atomic E-state index is 10.9. The highest BCUT2D eigenvalue weighted by Gasteiger charge is 2.02. The molecule has 1 rings (SSSR count). The number of nitrogens with zero attached hydrogens (tertiary/aromatic N) is 2. The van der Waals surface area contributed by atoms with Crippen LogP contribution in [0.3, 0.4) is 0 Å². The van der Waals surface area contributed by atoms with Gasteiger partial charge in [-0.1, -0.05) is 0 Å². The fourth-order valence-electron chi connectivity index (χ4n) is 1.01. The van der Waals surface area contributed by atoms with Crippen molar-refractivity contribution >= 4 is 23.8 Å². The third kappa shape index (κ3) is 4.77. The quantitative estimate of drug-likeness (QED) is 0.501. The van der Waals surface area contributed by atoms with Crippen molar-refractivity contribution in [2.45, 2.75) is 0 Å². The molecule has 0 unspecified atom stereocenters. The minimum Gasteiger partial charge on any atom is -0.357 e. The fourth-order valence-corrected chi connectivity index (χ4v) is 1.71. The van der Waals surface area contributed by atoms with Crippen LogP contribution in [0.5, 0.6) is 0 Å². The Hall–Kier alpha value is -1.70. The molecule has 0 aromatic carbocycles. The summed E-state index contributed by atoms with van der Waals surface area (Å²) in [5.41, 5.74) is -0.224. The molecule has 0 saturated heterocycles. The van der Waals surface area contributed by atoms with E-state index >= 15 is 0 Å². The Morgan fingerprint density at radius 2 is 2.35 bits per heavy atom. The number of carbonyl (C=O) groups is 1. The molecule has 2 amide bonds. The first-order valence-electron chi connectivity index (χ1n) is 5.00.